The van der Waals surface area contributed by atoms with E-state index in [0.717, 1.165) is 44.4 Å². The first-order chi connectivity index (χ1) is 14.2. The van der Waals surface area contributed by atoms with Gasteiger partial charge in [0.15, 0.2) is 0 Å². The smallest absolute Gasteiger partial charge is 0.270 e. The maximum Gasteiger partial charge on any atom is 0.270 e. The predicted molar refractivity (Wildman–Crippen MR) is 113 cm³/mol. The van der Waals surface area contributed by atoms with E-state index in [1.54, 1.807) is 36.4 Å². The predicted octanol–water partition coefficient (Wildman–Crippen LogP) is 4.04. The summed E-state index contributed by atoms with van der Waals surface area (Å²) >= 11 is 1.56. The Morgan fingerprint density at radius 2 is 2.14 bits per heavy atom. The number of thiazole rings is 1. The lowest BCUT2D eigenvalue weighted by Crippen LogP contribution is -2.26. The monoisotopic (exact) mass is 410 g/mol. The van der Waals surface area contributed by atoms with Gasteiger partial charge in [-0.1, -0.05) is 6.92 Å². The molecule has 0 bridgehead atoms. The molecule has 8 heteroatoms. The molecule has 4 aromatic rings. The molecule has 1 aromatic carbocycles. The van der Waals surface area contributed by atoms with Crippen LogP contribution in [0.4, 0.5) is 0 Å². The summed E-state index contributed by atoms with van der Waals surface area (Å²) in [7, 11) is 1.62. The third-order valence-electron chi connectivity index (χ3n) is 4.61. The van der Waals surface area contributed by atoms with E-state index in [0.29, 0.717) is 18.8 Å². The van der Waals surface area contributed by atoms with Crippen molar-refractivity contribution in [1.29, 1.82) is 0 Å². The first kappa shape index (κ1) is 19.4. The number of aromatic amines is 1. The van der Waals surface area contributed by atoms with Crippen molar-refractivity contribution in [2.24, 2.45) is 0 Å². The van der Waals surface area contributed by atoms with Gasteiger partial charge in [-0.15, -0.1) is 11.3 Å². The van der Waals surface area contributed by atoms with E-state index in [-0.39, 0.29) is 12.5 Å². The molecule has 1 amide bonds. The van der Waals surface area contributed by atoms with Crippen LogP contribution in [0.2, 0.25) is 0 Å². The summed E-state index contributed by atoms with van der Waals surface area (Å²) in [5.41, 5.74) is 4.76. The minimum absolute atomic E-state index is 0.187. The van der Waals surface area contributed by atoms with Crippen LogP contribution in [0.1, 0.15) is 34.3 Å². The summed E-state index contributed by atoms with van der Waals surface area (Å²) in [5, 5.41) is 4.81. The van der Waals surface area contributed by atoms with E-state index in [1.165, 1.54) is 0 Å². The second-order valence-corrected chi connectivity index (χ2v) is 7.62. The van der Waals surface area contributed by atoms with Crippen LogP contribution in [0.3, 0.4) is 0 Å². The van der Waals surface area contributed by atoms with Gasteiger partial charge in [-0.05, 0) is 24.6 Å². The van der Waals surface area contributed by atoms with Gasteiger partial charge in [0.25, 0.3) is 5.91 Å². The fourth-order valence-corrected chi connectivity index (χ4v) is 3.81. The Morgan fingerprint density at radius 1 is 1.24 bits per heavy atom. The second kappa shape index (κ2) is 8.59. The Kier molecular flexibility index (Phi) is 5.73. The molecular formula is C21H22N4O3S. The number of benzene rings is 1. The van der Waals surface area contributed by atoms with Crippen molar-refractivity contribution in [3.63, 3.8) is 0 Å². The van der Waals surface area contributed by atoms with Crippen LogP contribution in [0.15, 0.2) is 36.1 Å². The van der Waals surface area contributed by atoms with Gasteiger partial charge in [-0.2, -0.15) is 0 Å². The molecule has 0 aliphatic heterocycles. The van der Waals surface area contributed by atoms with Crippen molar-refractivity contribution in [2.75, 3.05) is 13.7 Å². The first-order valence-corrected chi connectivity index (χ1v) is 10.3. The van der Waals surface area contributed by atoms with Gasteiger partial charge in [0.05, 0.1) is 28.7 Å². The van der Waals surface area contributed by atoms with Crippen molar-refractivity contribution >= 4 is 39.0 Å². The Hall–Kier alpha value is -2.97. The van der Waals surface area contributed by atoms with Crippen LogP contribution < -0.4 is 10.1 Å². The van der Waals surface area contributed by atoms with E-state index in [1.807, 2.05) is 25.1 Å². The molecule has 0 radical (unpaired) electrons. The minimum atomic E-state index is -0.187. The molecule has 2 N–H and O–H groups in total. The third kappa shape index (κ3) is 3.94. The molecule has 0 saturated carbocycles. The zero-order valence-electron chi connectivity index (χ0n) is 16.3. The SMILES string of the molecule is CCCNC(=O)c1ncc2[nH]c3ccc(OCc4cncs4)cc3c2c1COC. The number of amides is 1. The number of methoxy groups -OCH3 is 1. The van der Waals surface area contributed by atoms with Gasteiger partial charge in [0, 0.05) is 41.7 Å². The van der Waals surface area contributed by atoms with Gasteiger partial charge in [-0.25, -0.2) is 4.98 Å². The highest BCUT2D eigenvalue weighted by molar-refractivity contribution is 7.09. The molecule has 4 rings (SSSR count). The lowest BCUT2D eigenvalue weighted by Gasteiger charge is -2.10. The molecule has 0 fully saturated rings. The summed E-state index contributed by atoms with van der Waals surface area (Å²) in [6.45, 7) is 3.38. The number of H-pyrrole nitrogens is 1. The highest BCUT2D eigenvalue weighted by atomic mass is 32.1. The number of aromatic nitrogens is 3. The van der Waals surface area contributed by atoms with E-state index >= 15 is 0 Å². The third-order valence-corrected chi connectivity index (χ3v) is 5.37. The van der Waals surface area contributed by atoms with Gasteiger partial charge < -0.3 is 19.8 Å². The Balaban J connectivity index is 1.77. The van der Waals surface area contributed by atoms with Crippen molar-refractivity contribution in [2.45, 2.75) is 26.6 Å². The Morgan fingerprint density at radius 3 is 2.90 bits per heavy atom. The van der Waals surface area contributed by atoms with Gasteiger partial charge in [-0.3, -0.25) is 9.78 Å². The number of ether oxygens (including phenoxy) is 2. The Labute approximate surface area is 172 Å². The summed E-state index contributed by atoms with van der Waals surface area (Å²) in [5.74, 6) is 0.566. The fourth-order valence-electron chi connectivity index (χ4n) is 3.30. The summed E-state index contributed by atoms with van der Waals surface area (Å²) in [6, 6.07) is 5.89. The quantitative estimate of drug-likeness (QED) is 0.458. The van der Waals surface area contributed by atoms with Gasteiger partial charge >= 0.3 is 0 Å². The molecule has 0 atom stereocenters. The zero-order valence-corrected chi connectivity index (χ0v) is 17.1. The number of carbonyl (C=O) groups excluding carboxylic acids is 1. The molecule has 0 saturated heterocycles. The van der Waals surface area contributed by atoms with Crippen LogP contribution in [0.5, 0.6) is 5.75 Å². The van der Waals surface area contributed by atoms with Crippen molar-refractivity contribution in [1.82, 2.24) is 20.3 Å². The van der Waals surface area contributed by atoms with Gasteiger partial charge in [0.2, 0.25) is 0 Å². The number of nitrogens with one attached hydrogen (secondary N) is 2. The van der Waals surface area contributed by atoms with E-state index < -0.39 is 0 Å². The fraction of sp³-hybridized carbons (Fsp3) is 0.286. The standard InChI is InChI=1S/C21H22N4O3S/c1-3-6-23-21(26)20-16(11-27-2)19-15-7-13(28-10-14-8-22-12-29-14)4-5-17(15)25-18(19)9-24-20/h4-5,7-9,12,25H,3,6,10-11H2,1-2H3,(H,23,26). The molecule has 0 aliphatic carbocycles. The van der Waals surface area contributed by atoms with E-state index in [2.05, 4.69) is 20.3 Å². The van der Waals surface area contributed by atoms with Crippen LogP contribution >= 0.6 is 11.3 Å². The molecule has 0 aliphatic rings. The van der Waals surface area contributed by atoms with Crippen LogP contribution in [0, 0.1) is 0 Å². The lowest BCUT2D eigenvalue weighted by atomic mass is 10.1. The summed E-state index contributed by atoms with van der Waals surface area (Å²) in [4.78, 5) is 25.5. The average Bonchev–Trinajstić information content (AvgIpc) is 3.38. The largest absolute Gasteiger partial charge is 0.488 e. The second-order valence-electron chi connectivity index (χ2n) is 6.65. The van der Waals surface area contributed by atoms with Crippen molar-refractivity contribution < 1.29 is 14.3 Å². The highest BCUT2D eigenvalue weighted by Crippen LogP contribution is 2.32. The first-order valence-electron chi connectivity index (χ1n) is 9.42. The topological polar surface area (TPSA) is 89.1 Å². The molecule has 3 heterocycles. The van der Waals surface area contributed by atoms with E-state index in [9.17, 15) is 4.79 Å². The zero-order chi connectivity index (χ0) is 20.2. The molecule has 150 valence electrons. The number of rotatable bonds is 8. The molecular weight excluding hydrogens is 388 g/mol. The number of fused-ring (bicyclic) bond motifs is 3. The molecule has 0 unspecified atom stereocenters. The molecule has 3 aromatic heterocycles. The van der Waals surface area contributed by atoms with Crippen LogP contribution in [-0.4, -0.2) is 34.5 Å². The van der Waals surface area contributed by atoms with Crippen molar-refractivity contribution in [3.8, 4) is 5.75 Å². The number of nitrogens with zero attached hydrogens (tertiary/aromatic N) is 2. The molecule has 7 nitrogen and oxygen atoms in total. The summed E-state index contributed by atoms with van der Waals surface area (Å²) < 4.78 is 11.3. The molecule has 29 heavy (non-hydrogen) atoms. The number of carbonyl (C=O) groups is 1. The number of pyridine rings is 1. The minimum Gasteiger partial charge on any atom is -0.488 e. The van der Waals surface area contributed by atoms with E-state index in [4.69, 9.17) is 9.47 Å². The van der Waals surface area contributed by atoms with Crippen LogP contribution in [0.25, 0.3) is 21.8 Å². The van der Waals surface area contributed by atoms with Gasteiger partial charge in [0.1, 0.15) is 18.1 Å². The normalized spacial score (nSPS) is 11.2. The number of hydrogen-bond donors (Lipinski definition) is 2. The average molecular weight is 410 g/mol. The molecule has 0 spiro atoms. The van der Waals surface area contributed by atoms with Crippen LogP contribution in [-0.2, 0) is 18.0 Å². The highest BCUT2D eigenvalue weighted by Gasteiger charge is 2.19. The Bertz CT molecular complexity index is 1140. The maximum atomic E-state index is 12.6. The number of hydrogen-bond acceptors (Lipinski definition) is 6. The van der Waals surface area contributed by atoms with Crippen molar-refractivity contribution in [3.05, 3.63) is 52.2 Å². The maximum absolute atomic E-state index is 12.6. The lowest BCUT2D eigenvalue weighted by molar-refractivity contribution is 0.0943. The summed E-state index contributed by atoms with van der Waals surface area (Å²) in [6.07, 6.45) is 4.37.